The van der Waals surface area contributed by atoms with Crippen LogP contribution in [-0.4, -0.2) is 29.2 Å². The van der Waals surface area contributed by atoms with E-state index in [9.17, 15) is 18.8 Å². The molecule has 32 heavy (non-hydrogen) atoms. The van der Waals surface area contributed by atoms with Crippen LogP contribution in [0.5, 0.6) is 5.75 Å². The highest BCUT2D eigenvalue weighted by atomic mass is 35.5. The second-order valence-corrected chi connectivity index (χ2v) is 7.52. The van der Waals surface area contributed by atoms with E-state index < -0.39 is 23.5 Å². The van der Waals surface area contributed by atoms with Crippen molar-refractivity contribution in [3.63, 3.8) is 0 Å². The lowest BCUT2D eigenvalue weighted by molar-refractivity contribution is 0.0642. The Kier molecular flexibility index (Phi) is 5.92. The normalized spacial score (nSPS) is 12.7. The van der Waals surface area contributed by atoms with E-state index in [4.69, 9.17) is 16.3 Å². The van der Waals surface area contributed by atoms with Gasteiger partial charge in [0.1, 0.15) is 11.6 Å². The number of nitrogens with one attached hydrogen (secondary N) is 1. The van der Waals surface area contributed by atoms with Crippen LogP contribution in [0.25, 0.3) is 0 Å². The smallest absolute Gasteiger partial charge is 0.261 e. The monoisotopic (exact) mass is 452 g/mol. The zero-order valence-corrected chi connectivity index (χ0v) is 17.8. The molecule has 0 aliphatic carbocycles. The predicted molar refractivity (Wildman–Crippen MR) is 118 cm³/mol. The van der Waals surface area contributed by atoms with Gasteiger partial charge in [0.25, 0.3) is 17.7 Å². The molecule has 0 saturated heterocycles. The van der Waals surface area contributed by atoms with Gasteiger partial charge in [-0.1, -0.05) is 29.8 Å². The van der Waals surface area contributed by atoms with E-state index in [1.54, 1.807) is 43.3 Å². The van der Waals surface area contributed by atoms with E-state index in [1.807, 2.05) is 0 Å². The third-order valence-electron chi connectivity index (χ3n) is 4.98. The summed E-state index contributed by atoms with van der Waals surface area (Å²) in [5.74, 6) is -1.75. The van der Waals surface area contributed by atoms with E-state index in [0.717, 1.165) is 11.0 Å². The van der Waals surface area contributed by atoms with Crippen molar-refractivity contribution in [1.29, 1.82) is 0 Å². The molecule has 0 radical (unpaired) electrons. The van der Waals surface area contributed by atoms with Crippen LogP contribution in [0.4, 0.5) is 10.1 Å². The van der Waals surface area contributed by atoms with Crippen molar-refractivity contribution in [3.8, 4) is 5.75 Å². The molecule has 162 valence electrons. The number of benzene rings is 3. The molecule has 1 N–H and O–H groups in total. The van der Waals surface area contributed by atoms with Gasteiger partial charge in [0.2, 0.25) is 0 Å². The Morgan fingerprint density at radius 2 is 1.72 bits per heavy atom. The SMILES string of the molecule is CCOc1ccc(CN2C(=O)c3ccccc3C2=O)cc1C(=O)Nc1cc(Cl)ccc1F. The summed E-state index contributed by atoms with van der Waals surface area (Å²) in [6.07, 6.45) is 0. The van der Waals surface area contributed by atoms with E-state index in [0.29, 0.717) is 29.0 Å². The molecule has 0 bridgehead atoms. The number of ether oxygens (including phenoxy) is 1. The predicted octanol–water partition coefficient (Wildman–Crippen LogP) is 4.93. The first-order chi connectivity index (χ1) is 15.4. The number of rotatable bonds is 6. The zero-order chi connectivity index (χ0) is 22.8. The molecule has 4 rings (SSSR count). The summed E-state index contributed by atoms with van der Waals surface area (Å²) in [5, 5.41) is 2.76. The summed E-state index contributed by atoms with van der Waals surface area (Å²) in [6, 6.07) is 15.2. The summed E-state index contributed by atoms with van der Waals surface area (Å²) >= 11 is 5.90. The van der Waals surface area contributed by atoms with Gasteiger partial charge < -0.3 is 10.1 Å². The van der Waals surface area contributed by atoms with Crippen molar-refractivity contribution in [1.82, 2.24) is 4.90 Å². The van der Waals surface area contributed by atoms with Crippen LogP contribution in [0.3, 0.4) is 0 Å². The highest BCUT2D eigenvalue weighted by molar-refractivity contribution is 6.31. The van der Waals surface area contributed by atoms with Gasteiger partial charge >= 0.3 is 0 Å². The lowest BCUT2D eigenvalue weighted by Gasteiger charge is -2.16. The fourth-order valence-corrected chi connectivity index (χ4v) is 3.65. The van der Waals surface area contributed by atoms with Gasteiger partial charge in [0.15, 0.2) is 0 Å². The molecule has 1 heterocycles. The number of fused-ring (bicyclic) bond motifs is 1. The van der Waals surface area contributed by atoms with Gasteiger partial charge in [-0.25, -0.2) is 4.39 Å². The van der Waals surface area contributed by atoms with E-state index in [1.165, 1.54) is 18.2 Å². The summed E-state index contributed by atoms with van der Waals surface area (Å²) in [4.78, 5) is 39.4. The fourth-order valence-electron chi connectivity index (χ4n) is 3.48. The minimum Gasteiger partial charge on any atom is -0.493 e. The quantitative estimate of drug-likeness (QED) is 0.538. The first kappa shape index (κ1) is 21.5. The van der Waals surface area contributed by atoms with Gasteiger partial charge in [0.05, 0.1) is 35.5 Å². The summed E-state index contributed by atoms with van der Waals surface area (Å²) in [7, 11) is 0. The average molecular weight is 453 g/mol. The van der Waals surface area contributed by atoms with Gasteiger partial charge in [-0.3, -0.25) is 19.3 Å². The van der Waals surface area contributed by atoms with Crippen LogP contribution in [0.2, 0.25) is 5.02 Å². The minimum absolute atomic E-state index is 0.0233. The molecule has 0 aromatic heterocycles. The van der Waals surface area contributed by atoms with Crippen LogP contribution in [0.1, 0.15) is 43.6 Å². The van der Waals surface area contributed by atoms with E-state index >= 15 is 0 Å². The van der Waals surface area contributed by atoms with Crippen molar-refractivity contribution in [3.05, 3.63) is 93.8 Å². The van der Waals surface area contributed by atoms with Gasteiger partial charge in [0, 0.05) is 5.02 Å². The Morgan fingerprint density at radius 1 is 1.03 bits per heavy atom. The molecule has 3 aromatic rings. The van der Waals surface area contributed by atoms with Crippen LogP contribution in [0.15, 0.2) is 60.7 Å². The average Bonchev–Trinajstić information content (AvgIpc) is 3.02. The third-order valence-corrected chi connectivity index (χ3v) is 5.22. The molecule has 3 aromatic carbocycles. The lowest BCUT2D eigenvalue weighted by Crippen LogP contribution is -2.29. The van der Waals surface area contributed by atoms with Crippen molar-refractivity contribution in [2.45, 2.75) is 13.5 Å². The maximum Gasteiger partial charge on any atom is 0.261 e. The number of amides is 3. The molecular weight excluding hydrogens is 435 g/mol. The lowest BCUT2D eigenvalue weighted by atomic mass is 10.1. The summed E-state index contributed by atoms with van der Waals surface area (Å²) in [6.45, 7) is 2.05. The van der Waals surface area contributed by atoms with Crippen LogP contribution in [-0.2, 0) is 6.54 Å². The topological polar surface area (TPSA) is 75.7 Å². The van der Waals surface area contributed by atoms with Crippen molar-refractivity contribution >= 4 is 35.0 Å². The number of carbonyl (C=O) groups is 3. The van der Waals surface area contributed by atoms with Crippen molar-refractivity contribution in [2.75, 3.05) is 11.9 Å². The number of nitrogens with zero attached hydrogens (tertiary/aromatic N) is 1. The van der Waals surface area contributed by atoms with Crippen LogP contribution in [0, 0.1) is 5.82 Å². The van der Waals surface area contributed by atoms with E-state index in [2.05, 4.69) is 5.32 Å². The van der Waals surface area contributed by atoms with Gasteiger partial charge in [-0.2, -0.15) is 0 Å². The second-order valence-electron chi connectivity index (χ2n) is 7.08. The summed E-state index contributed by atoms with van der Waals surface area (Å²) < 4.78 is 19.6. The second kappa shape index (κ2) is 8.80. The van der Waals surface area contributed by atoms with Crippen molar-refractivity contribution in [2.24, 2.45) is 0 Å². The molecule has 0 unspecified atom stereocenters. The molecule has 0 fully saturated rings. The van der Waals surface area contributed by atoms with Crippen LogP contribution >= 0.6 is 11.6 Å². The molecule has 0 saturated carbocycles. The third kappa shape index (κ3) is 4.07. The van der Waals surface area contributed by atoms with E-state index in [-0.39, 0.29) is 22.8 Å². The highest BCUT2D eigenvalue weighted by Gasteiger charge is 2.35. The maximum atomic E-state index is 14.1. The first-order valence-electron chi connectivity index (χ1n) is 9.86. The Bertz CT molecular complexity index is 1210. The molecule has 6 nitrogen and oxygen atoms in total. The van der Waals surface area contributed by atoms with Gasteiger partial charge in [-0.15, -0.1) is 0 Å². The molecular formula is C24H18ClFN2O4. The number of hydrogen-bond acceptors (Lipinski definition) is 4. The molecule has 1 aliphatic heterocycles. The first-order valence-corrected chi connectivity index (χ1v) is 10.2. The van der Waals surface area contributed by atoms with Crippen LogP contribution < -0.4 is 10.1 Å². The minimum atomic E-state index is -0.636. The molecule has 1 aliphatic rings. The number of anilines is 1. The Morgan fingerprint density at radius 3 is 2.38 bits per heavy atom. The Balaban J connectivity index is 1.62. The zero-order valence-electron chi connectivity index (χ0n) is 17.0. The van der Waals surface area contributed by atoms with Gasteiger partial charge in [-0.05, 0) is 55.0 Å². The number of carbonyl (C=O) groups excluding carboxylic acids is 3. The van der Waals surface area contributed by atoms with Crippen molar-refractivity contribution < 1.29 is 23.5 Å². The number of halogens is 2. The summed E-state index contributed by atoms with van der Waals surface area (Å²) in [5.41, 5.74) is 1.30. The Hall–Kier alpha value is -3.71. The number of hydrogen-bond donors (Lipinski definition) is 1. The Labute approximate surface area is 188 Å². The largest absolute Gasteiger partial charge is 0.493 e. The highest BCUT2D eigenvalue weighted by Crippen LogP contribution is 2.28. The maximum absolute atomic E-state index is 14.1. The fraction of sp³-hybridized carbons (Fsp3) is 0.125. The molecule has 0 atom stereocenters. The standard InChI is InChI=1S/C24H18ClFN2O4/c1-2-32-21-10-7-14(13-28-23(30)16-5-3-4-6-17(16)24(28)31)11-18(21)22(29)27-20-12-15(25)8-9-19(20)26/h3-12H,2,13H2,1H3,(H,27,29). The molecule has 3 amide bonds. The molecule has 8 heteroatoms. The number of imide groups is 1. The molecule has 0 spiro atoms.